The molecular weight excluding hydrogens is 347 g/mol. The number of hydrogen-bond acceptors (Lipinski definition) is 5. The number of rotatable bonds is 3. The minimum atomic E-state index is -1.48. The monoisotopic (exact) mass is 363 g/mol. The van der Waals surface area contributed by atoms with Crippen LogP contribution in [0.15, 0.2) is 27.9 Å². The highest BCUT2D eigenvalue weighted by molar-refractivity contribution is 6.16. The summed E-state index contributed by atoms with van der Waals surface area (Å²) in [4.78, 5) is 22.8. The molecule has 3 aliphatic rings. The summed E-state index contributed by atoms with van der Waals surface area (Å²) in [5.41, 5.74) is 1.30. The van der Waals surface area contributed by atoms with E-state index in [0.29, 0.717) is 43.5 Å². The Bertz CT molecular complexity index is 871. The van der Waals surface area contributed by atoms with E-state index in [4.69, 9.17) is 4.74 Å². The maximum Gasteiger partial charge on any atom is 0.194 e. The number of ether oxygens (including phenoxy) is 1. The molecule has 1 aromatic carbocycles. The van der Waals surface area contributed by atoms with Gasteiger partial charge in [-0.05, 0) is 0 Å². The topological polar surface area (TPSA) is 54.3 Å². The lowest BCUT2D eigenvalue weighted by Crippen LogP contribution is -2.36. The number of ketones is 1. The third-order valence-corrected chi connectivity index (χ3v) is 4.58. The number of aliphatic imine (C=N–C) groups is 2. The summed E-state index contributed by atoms with van der Waals surface area (Å²) in [6.45, 7) is 2.47. The van der Waals surface area contributed by atoms with Crippen LogP contribution in [0.4, 0.5) is 18.9 Å². The Morgan fingerprint density at radius 3 is 2.54 bits per heavy atom. The average Bonchev–Trinajstić information content (AvgIpc) is 3.02. The van der Waals surface area contributed by atoms with Crippen LogP contribution in [0.5, 0.6) is 0 Å². The van der Waals surface area contributed by atoms with E-state index in [1.54, 1.807) is 0 Å². The van der Waals surface area contributed by atoms with Crippen LogP contribution >= 0.6 is 0 Å². The number of morpholine rings is 1. The van der Waals surface area contributed by atoms with Crippen molar-refractivity contribution in [2.45, 2.75) is 19.3 Å². The number of carbonyl (C=O) groups is 1. The number of nitrogens with zero attached hydrogens (tertiary/aromatic N) is 3. The Morgan fingerprint density at radius 1 is 1.04 bits per heavy atom. The highest BCUT2D eigenvalue weighted by atomic mass is 19.2. The Balaban J connectivity index is 1.53. The summed E-state index contributed by atoms with van der Waals surface area (Å²) in [6.07, 6.45) is 2.03. The smallest absolute Gasteiger partial charge is 0.194 e. The van der Waals surface area contributed by atoms with Gasteiger partial charge in [0.1, 0.15) is 5.82 Å². The molecule has 0 atom stereocenters. The molecule has 0 aromatic heterocycles. The van der Waals surface area contributed by atoms with Gasteiger partial charge in [0.2, 0.25) is 0 Å². The first kappa shape index (κ1) is 17.0. The van der Waals surface area contributed by atoms with Gasteiger partial charge < -0.3 is 9.64 Å². The van der Waals surface area contributed by atoms with E-state index in [9.17, 15) is 18.0 Å². The van der Waals surface area contributed by atoms with Crippen molar-refractivity contribution in [2.24, 2.45) is 9.98 Å². The van der Waals surface area contributed by atoms with E-state index in [-0.39, 0.29) is 36.3 Å². The van der Waals surface area contributed by atoms with Gasteiger partial charge in [0, 0.05) is 61.5 Å². The van der Waals surface area contributed by atoms with Gasteiger partial charge in [-0.3, -0.25) is 9.79 Å². The zero-order valence-electron chi connectivity index (χ0n) is 13.9. The lowest BCUT2D eigenvalue weighted by atomic mass is 10.0. The van der Waals surface area contributed by atoms with Crippen molar-refractivity contribution >= 4 is 22.9 Å². The molecular formula is C18H16F3N3O2. The van der Waals surface area contributed by atoms with E-state index < -0.39 is 17.5 Å². The minimum Gasteiger partial charge on any atom is -0.378 e. The average molecular weight is 363 g/mol. The summed E-state index contributed by atoms with van der Waals surface area (Å²) in [6, 6.07) is 0.896. The van der Waals surface area contributed by atoms with Crippen molar-refractivity contribution in [2.75, 3.05) is 26.3 Å². The molecule has 0 saturated carbocycles. The first-order valence-electron chi connectivity index (χ1n) is 8.37. The van der Waals surface area contributed by atoms with Gasteiger partial charge in [-0.2, -0.15) is 0 Å². The predicted molar refractivity (Wildman–Crippen MR) is 89.3 cm³/mol. The van der Waals surface area contributed by atoms with Gasteiger partial charge in [0.15, 0.2) is 23.2 Å². The second-order valence-corrected chi connectivity index (χ2v) is 6.44. The summed E-state index contributed by atoms with van der Waals surface area (Å²) in [5.74, 6) is -3.40. The molecule has 0 radical (unpaired) electrons. The summed E-state index contributed by atoms with van der Waals surface area (Å²) >= 11 is 0. The molecule has 5 nitrogen and oxygen atoms in total. The number of halogens is 3. The number of fused-ring (bicyclic) bond motifs is 1. The van der Waals surface area contributed by atoms with E-state index >= 15 is 0 Å². The molecule has 3 aliphatic heterocycles. The fraction of sp³-hybridized carbons (Fsp3) is 0.389. The van der Waals surface area contributed by atoms with Crippen LogP contribution in [0.25, 0.3) is 0 Å². The Morgan fingerprint density at radius 2 is 1.77 bits per heavy atom. The zero-order valence-corrected chi connectivity index (χ0v) is 13.9. The number of carbonyl (C=O) groups excluding carboxylic acids is 1. The molecule has 4 rings (SSSR count). The summed E-state index contributed by atoms with van der Waals surface area (Å²) in [5, 5.41) is 0. The highest BCUT2D eigenvalue weighted by Gasteiger charge is 2.26. The minimum absolute atomic E-state index is 0.0468. The SMILES string of the molecule is O=C1C=C(N2CCOCC2)N=C(CC2=Nc3cc(F)c(F)c(F)c3C2)C1. The maximum absolute atomic E-state index is 13.9. The van der Waals surface area contributed by atoms with Crippen LogP contribution in [0, 0.1) is 17.5 Å². The van der Waals surface area contributed by atoms with E-state index in [2.05, 4.69) is 9.98 Å². The predicted octanol–water partition coefficient (Wildman–Crippen LogP) is 2.71. The Kier molecular flexibility index (Phi) is 4.36. The molecule has 0 bridgehead atoms. The number of allylic oxidation sites excluding steroid dienone is 1. The third kappa shape index (κ3) is 3.16. The third-order valence-electron chi connectivity index (χ3n) is 4.58. The van der Waals surface area contributed by atoms with Crippen LogP contribution < -0.4 is 0 Å². The Labute approximate surface area is 147 Å². The first-order chi connectivity index (χ1) is 12.5. The first-order valence-corrected chi connectivity index (χ1v) is 8.37. The molecule has 8 heteroatoms. The lowest BCUT2D eigenvalue weighted by molar-refractivity contribution is -0.113. The molecule has 3 heterocycles. The van der Waals surface area contributed by atoms with Crippen molar-refractivity contribution in [3.63, 3.8) is 0 Å². The number of hydrogen-bond donors (Lipinski definition) is 0. The molecule has 0 amide bonds. The van der Waals surface area contributed by atoms with Crippen molar-refractivity contribution in [1.82, 2.24) is 4.90 Å². The van der Waals surface area contributed by atoms with Gasteiger partial charge in [-0.1, -0.05) is 0 Å². The van der Waals surface area contributed by atoms with E-state index in [1.807, 2.05) is 4.90 Å². The molecule has 0 unspecified atom stereocenters. The van der Waals surface area contributed by atoms with Crippen LogP contribution in [-0.4, -0.2) is 48.4 Å². The molecule has 1 aromatic rings. The zero-order chi connectivity index (χ0) is 18.3. The van der Waals surface area contributed by atoms with Crippen LogP contribution in [0.3, 0.4) is 0 Å². The standard InChI is InChI=1S/C18H16F3N3O2/c19-14-9-15-13(17(20)18(14)21)7-11(22-15)5-10-6-12(25)8-16(23-10)24-1-3-26-4-2-24/h8-9H,1-7H2. The quantitative estimate of drug-likeness (QED) is 0.776. The van der Waals surface area contributed by atoms with Gasteiger partial charge in [-0.25, -0.2) is 18.2 Å². The molecule has 26 heavy (non-hydrogen) atoms. The van der Waals surface area contributed by atoms with Crippen LogP contribution in [-0.2, 0) is 16.0 Å². The summed E-state index contributed by atoms with van der Waals surface area (Å²) in [7, 11) is 0. The number of benzene rings is 1. The fourth-order valence-corrected chi connectivity index (χ4v) is 3.33. The molecule has 0 N–H and O–H groups in total. The van der Waals surface area contributed by atoms with Crippen LogP contribution in [0.1, 0.15) is 18.4 Å². The van der Waals surface area contributed by atoms with Gasteiger partial charge in [0.25, 0.3) is 0 Å². The van der Waals surface area contributed by atoms with Crippen molar-refractivity contribution in [3.05, 3.63) is 41.0 Å². The maximum atomic E-state index is 13.9. The normalized spacial score (nSPS) is 19.9. The molecule has 136 valence electrons. The van der Waals surface area contributed by atoms with E-state index in [0.717, 1.165) is 6.07 Å². The largest absolute Gasteiger partial charge is 0.378 e. The second kappa shape index (κ2) is 6.68. The molecule has 0 aliphatic carbocycles. The van der Waals surface area contributed by atoms with Crippen molar-refractivity contribution in [3.8, 4) is 0 Å². The summed E-state index contributed by atoms with van der Waals surface area (Å²) < 4.78 is 45.9. The van der Waals surface area contributed by atoms with E-state index in [1.165, 1.54) is 6.08 Å². The van der Waals surface area contributed by atoms with Crippen molar-refractivity contribution in [1.29, 1.82) is 0 Å². The lowest BCUT2D eigenvalue weighted by Gasteiger charge is -2.30. The molecule has 0 spiro atoms. The highest BCUT2D eigenvalue weighted by Crippen LogP contribution is 2.33. The molecule has 1 saturated heterocycles. The van der Waals surface area contributed by atoms with Gasteiger partial charge in [0.05, 0.1) is 18.9 Å². The Hall–Kier alpha value is -2.48. The van der Waals surface area contributed by atoms with Gasteiger partial charge in [-0.15, -0.1) is 0 Å². The fourth-order valence-electron chi connectivity index (χ4n) is 3.33. The van der Waals surface area contributed by atoms with Gasteiger partial charge >= 0.3 is 0 Å². The second-order valence-electron chi connectivity index (χ2n) is 6.44. The molecule has 1 fully saturated rings. The van der Waals surface area contributed by atoms with Crippen LogP contribution in [0.2, 0.25) is 0 Å². The van der Waals surface area contributed by atoms with Crippen molar-refractivity contribution < 1.29 is 22.7 Å².